The van der Waals surface area contributed by atoms with E-state index in [1.165, 1.54) is 12.3 Å². The minimum atomic E-state index is -2.19. The Morgan fingerprint density at radius 1 is 1.05 bits per heavy atom. The molecule has 0 saturated carbocycles. The van der Waals surface area contributed by atoms with E-state index >= 15 is 0 Å². The average Bonchev–Trinajstić information content (AvgIpc) is 2.94. The van der Waals surface area contributed by atoms with Crippen molar-refractivity contribution in [2.75, 3.05) is 7.11 Å². The molecule has 0 bridgehead atoms. The summed E-state index contributed by atoms with van der Waals surface area (Å²) in [6.07, 6.45) is 5.01. The second-order valence-corrected chi connectivity index (χ2v) is 5.01. The molecular formula is C18H15N3O. The summed E-state index contributed by atoms with van der Waals surface area (Å²) >= 11 is 0. The van der Waals surface area contributed by atoms with Crippen LogP contribution in [0, 0.1) is 6.85 Å². The van der Waals surface area contributed by atoms with Gasteiger partial charge in [0.15, 0.2) is 0 Å². The second-order valence-electron chi connectivity index (χ2n) is 5.01. The minimum absolute atomic E-state index is 0.249. The van der Waals surface area contributed by atoms with Gasteiger partial charge in [-0.15, -0.1) is 0 Å². The second kappa shape index (κ2) is 4.84. The SMILES string of the molecule is [2H]C([2H])([2H])c1ccnc(-n2c3cnccc3c3ccc(OC)cc32)c1. The van der Waals surface area contributed by atoms with Crippen molar-refractivity contribution in [2.45, 2.75) is 6.85 Å². The Bertz CT molecular complexity index is 1090. The van der Waals surface area contributed by atoms with Crippen LogP contribution < -0.4 is 4.74 Å². The van der Waals surface area contributed by atoms with Gasteiger partial charge in [-0.1, -0.05) is 0 Å². The molecular weight excluding hydrogens is 274 g/mol. The standard InChI is InChI=1S/C18H15N3O/c1-12-5-8-20-18(9-12)21-16-10-13(22-2)3-4-14(16)15-6-7-19-11-17(15)21/h3-11H,1-2H3/i1D3. The molecule has 0 atom stereocenters. The molecule has 4 nitrogen and oxygen atoms in total. The third kappa shape index (κ3) is 1.84. The lowest BCUT2D eigenvalue weighted by Gasteiger charge is -2.07. The molecule has 0 aliphatic carbocycles. The summed E-state index contributed by atoms with van der Waals surface area (Å²) in [5.41, 5.74) is 2.00. The normalized spacial score (nSPS) is 13.8. The van der Waals surface area contributed by atoms with E-state index in [0.29, 0.717) is 5.82 Å². The highest BCUT2D eigenvalue weighted by atomic mass is 16.5. The summed E-state index contributed by atoms with van der Waals surface area (Å²) in [5.74, 6) is 1.26. The fraction of sp³-hybridized carbons (Fsp3) is 0.111. The van der Waals surface area contributed by atoms with E-state index in [0.717, 1.165) is 27.6 Å². The van der Waals surface area contributed by atoms with Gasteiger partial charge in [-0.3, -0.25) is 9.55 Å². The van der Waals surface area contributed by atoms with Crippen LogP contribution in [0.25, 0.3) is 27.6 Å². The fourth-order valence-corrected chi connectivity index (χ4v) is 2.76. The largest absolute Gasteiger partial charge is 0.497 e. The monoisotopic (exact) mass is 292 g/mol. The van der Waals surface area contributed by atoms with E-state index in [1.54, 1.807) is 25.6 Å². The number of pyridine rings is 2. The third-order valence-electron chi connectivity index (χ3n) is 3.75. The maximum atomic E-state index is 7.65. The number of fused-ring (bicyclic) bond motifs is 3. The molecule has 3 aromatic heterocycles. The fourth-order valence-electron chi connectivity index (χ4n) is 2.76. The Hall–Kier alpha value is -2.88. The molecule has 108 valence electrons. The van der Waals surface area contributed by atoms with Crippen LogP contribution in [0.3, 0.4) is 0 Å². The number of nitrogens with zero attached hydrogens (tertiary/aromatic N) is 3. The number of benzene rings is 1. The van der Waals surface area contributed by atoms with E-state index in [2.05, 4.69) is 9.97 Å². The van der Waals surface area contributed by atoms with Gasteiger partial charge in [0, 0.05) is 33.3 Å². The molecule has 1 aromatic carbocycles. The van der Waals surface area contributed by atoms with Gasteiger partial charge < -0.3 is 4.74 Å². The summed E-state index contributed by atoms with van der Waals surface area (Å²) < 4.78 is 30.2. The average molecular weight is 292 g/mol. The number of methoxy groups -OCH3 is 1. The van der Waals surface area contributed by atoms with Gasteiger partial charge in [-0.2, -0.15) is 0 Å². The molecule has 0 radical (unpaired) electrons. The third-order valence-corrected chi connectivity index (χ3v) is 3.75. The highest BCUT2D eigenvalue weighted by molar-refractivity contribution is 6.09. The van der Waals surface area contributed by atoms with Crippen LogP contribution >= 0.6 is 0 Å². The summed E-state index contributed by atoms with van der Waals surface area (Å²) in [4.78, 5) is 8.61. The first-order chi connectivity index (χ1) is 12.0. The molecule has 0 aliphatic rings. The lowest BCUT2D eigenvalue weighted by molar-refractivity contribution is 0.415. The van der Waals surface area contributed by atoms with Crippen molar-refractivity contribution in [1.82, 2.24) is 14.5 Å². The maximum absolute atomic E-state index is 7.65. The molecule has 0 saturated heterocycles. The van der Waals surface area contributed by atoms with E-state index in [9.17, 15) is 0 Å². The predicted octanol–water partition coefficient (Wildman–Crippen LogP) is 3.89. The molecule has 3 heterocycles. The van der Waals surface area contributed by atoms with Crippen LogP contribution in [-0.2, 0) is 0 Å². The first kappa shape index (κ1) is 9.95. The molecule has 4 rings (SSSR count). The first-order valence-corrected chi connectivity index (χ1v) is 6.88. The Kier molecular flexibility index (Phi) is 2.19. The minimum Gasteiger partial charge on any atom is -0.497 e. The van der Waals surface area contributed by atoms with Gasteiger partial charge in [0.1, 0.15) is 11.6 Å². The lowest BCUT2D eigenvalue weighted by atomic mass is 10.2. The van der Waals surface area contributed by atoms with Gasteiger partial charge in [-0.25, -0.2) is 4.98 Å². The molecule has 0 N–H and O–H groups in total. The van der Waals surface area contributed by atoms with Crippen molar-refractivity contribution >= 4 is 21.8 Å². The van der Waals surface area contributed by atoms with Gasteiger partial charge in [0.05, 0.1) is 24.3 Å². The van der Waals surface area contributed by atoms with Crippen LogP contribution in [0.2, 0.25) is 0 Å². The number of aryl methyl sites for hydroxylation is 1. The molecule has 4 heteroatoms. The zero-order chi connectivity index (χ0) is 17.6. The Morgan fingerprint density at radius 3 is 2.82 bits per heavy atom. The number of aromatic nitrogens is 3. The van der Waals surface area contributed by atoms with Gasteiger partial charge in [0.25, 0.3) is 0 Å². The molecule has 0 spiro atoms. The number of hydrogen-bond donors (Lipinski definition) is 0. The molecule has 22 heavy (non-hydrogen) atoms. The topological polar surface area (TPSA) is 39.9 Å². The van der Waals surface area contributed by atoms with Crippen LogP contribution in [0.4, 0.5) is 0 Å². The number of ether oxygens (including phenoxy) is 1. The van der Waals surface area contributed by atoms with E-state index in [-0.39, 0.29) is 5.56 Å². The summed E-state index contributed by atoms with van der Waals surface area (Å²) in [7, 11) is 1.61. The smallest absolute Gasteiger partial charge is 0.137 e. The van der Waals surface area contributed by atoms with Crippen molar-refractivity contribution in [3.63, 3.8) is 0 Å². The van der Waals surface area contributed by atoms with Gasteiger partial charge in [-0.05, 0) is 42.7 Å². The van der Waals surface area contributed by atoms with Gasteiger partial charge >= 0.3 is 0 Å². The van der Waals surface area contributed by atoms with Crippen LogP contribution in [0.15, 0.2) is 55.0 Å². The Balaban J connectivity index is 2.09. The summed E-state index contributed by atoms with van der Waals surface area (Å²) in [5, 5.41) is 2.05. The zero-order valence-corrected chi connectivity index (χ0v) is 11.9. The first-order valence-electron chi connectivity index (χ1n) is 8.38. The van der Waals surface area contributed by atoms with Crippen LogP contribution in [0.5, 0.6) is 5.75 Å². The van der Waals surface area contributed by atoms with Crippen molar-refractivity contribution in [1.29, 1.82) is 0 Å². The molecule has 0 amide bonds. The highest BCUT2D eigenvalue weighted by Crippen LogP contribution is 2.33. The van der Waals surface area contributed by atoms with Crippen LogP contribution in [-0.4, -0.2) is 21.6 Å². The molecule has 0 unspecified atom stereocenters. The van der Waals surface area contributed by atoms with E-state index in [4.69, 9.17) is 8.85 Å². The molecule has 4 aromatic rings. The van der Waals surface area contributed by atoms with E-state index in [1.807, 2.05) is 28.8 Å². The van der Waals surface area contributed by atoms with Crippen molar-refractivity contribution in [2.24, 2.45) is 0 Å². The Labute approximate surface area is 132 Å². The lowest BCUT2D eigenvalue weighted by Crippen LogP contribution is -1.97. The summed E-state index contributed by atoms with van der Waals surface area (Å²) in [6, 6.07) is 10.9. The number of hydrogen-bond acceptors (Lipinski definition) is 3. The van der Waals surface area contributed by atoms with Crippen molar-refractivity contribution in [3.8, 4) is 11.6 Å². The number of rotatable bonds is 2. The maximum Gasteiger partial charge on any atom is 0.137 e. The van der Waals surface area contributed by atoms with Crippen molar-refractivity contribution < 1.29 is 8.85 Å². The quantitative estimate of drug-likeness (QED) is 0.562. The Morgan fingerprint density at radius 2 is 1.95 bits per heavy atom. The van der Waals surface area contributed by atoms with E-state index < -0.39 is 6.85 Å². The zero-order valence-electron chi connectivity index (χ0n) is 14.9. The molecule has 0 aliphatic heterocycles. The predicted molar refractivity (Wildman–Crippen MR) is 87.7 cm³/mol. The van der Waals surface area contributed by atoms with Crippen molar-refractivity contribution in [3.05, 3.63) is 60.6 Å². The molecule has 0 fully saturated rings. The van der Waals surface area contributed by atoms with Gasteiger partial charge in [0.2, 0.25) is 0 Å². The van der Waals surface area contributed by atoms with Crippen LogP contribution in [0.1, 0.15) is 9.68 Å². The summed E-state index contributed by atoms with van der Waals surface area (Å²) in [6.45, 7) is -2.19. The highest BCUT2D eigenvalue weighted by Gasteiger charge is 2.13.